The molecule has 3 fully saturated rings. The van der Waals surface area contributed by atoms with Crippen LogP contribution in [0, 0.1) is 5.92 Å². The molecule has 3 aliphatic rings. The average Bonchev–Trinajstić information content (AvgIpc) is 2.99. The number of carbonyl (C=O) groups excluding carboxylic acids is 1. The molecule has 4 heterocycles. The molecule has 5 nitrogen and oxygen atoms in total. The Bertz CT molecular complexity index is 722. The van der Waals surface area contributed by atoms with Crippen molar-refractivity contribution < 1.29 is 28.8 Å². The number of carboxylic acids is 1. The van der Waals surface area contributed by atoms with Gasteiger partial charge in [-0.2, -0.15) is 0 Å². The van der Waals surface area contributed by atoms with Crippen LogP contribution in [0.25, 0.3) is 10.9 Å². The van der Waals surface area contributed by atoms with Crippen LogP contribution in [0.4, 0.5) is 0 Å². The van der Waals surface area contributed by atoms with Crippen LogP contribution in [-0.2, 0) is 6.54 Å². The summed E-state index contributed by atoms with van der Waals surface area (Å²) < 4.78 is 2.02. The second kappa shape index (κ2) is 7.33. The maximum absolute atomic E-state index is 11.3. The molecule has 5 rings (SSSR count). The maximum atomic E-state index is 11.3. The summed E-state index contributed by atoms with van der Waals surface area (Å²) in [7, 11) is 0. The van der Waals surface area contributed by atoms with Gasteiger partial charge < -0.3 is 24.7 Å². The van der Waals surface area contributed by atoms with Crippen molar-refractivity contribution in [3.63, 3.8) is 0 Å². The van der Waals surface area contributed by atoms with Gasteiger partial charge in [0, 0.05) is 42.8 Å². The molecule has 0 aliphatic carbocycles. The first-order valence-corrected chi connectivity index (χ1v) is 8.47. The number of rotatable bonds is 5. The maximum Gasteiger partial charge on any atom is 1.00 e. The minimum Gasteiger partial charge on any atom is -0.545 e. The van der Waals surface area contributed by atoms with Crippen molar-refractivity contribution in [3.8, 4) is 0 Å². The fourth-order valence-electron chi connectivity index (χ4n) is 4.18. The van der Waals surface area contributed by atoms with Crippen molar-refractivity contribution in [1.29, 1.82) is 0 Å². The quantitative estimate of drug-likeness (QED) is 0.630. The molecule has 0 radical (unpaired) electrons. The van der Waals surface area contributed by atoms with E-state index in [1.165, 1.54) is 25.9 Å². The Morgan fingerprint density at radius 1 is 1.25 bits per heavy atom. The molecule has 2 aromatic rings. The number of carbonyl (C=O) groups is 1. The van der Waals surface area contributed by atoms with Crippen molar-refractivity contribution in [3.05, 3.63) is 36.0 Å². The van der Waals surface area contributed by atoms with Gasteiger partial charge in [0.15, 0.2) is 0 Å². The van der Waals surface area contributed by atoms with E-state index in [2.05, 4.69) is 10.2 Å². The van der Waals surface area contributed by atoms with Crippen LogP contribution in [0.5, 0.6) is 0 Å². The van der Waals surface area contributed by atoms with Gasteiger partial charge in [0.25, 0.3) is 0 Å². The molecule has 2 bridgehead atoms. The number of aromatic nitrogens is 1. The summed E-state index contributed by atoms with van der Waals surface area (Å²) in [5.41, 5.74) is 1.04. The van der Waals surface area contributed by atoms with Crippen LogP contribution in [0.1, 0.15) is 23.2 Å². The van der Waals surface area contributed by atoms with Gasteiger partial charge in [0.2, 0.25) is 0 Å². The first-order valence-electron chi connectivity index (χ1n) is 8.47. The molecule has 1 aromatic heterocycles. The molecule has 1 N–H and O–H groups in total. The first kappa shape index (κ1) is 17.6. The smallest absolute Gasteiger partial charge is 0.545 e. The summed E-state index contributed by atoms with van der Waals surface area (Å²) in [5.74, 6) is -0.305. The van der Waals surface area contributed by atoms with E-state index in [9.17, 15) is 9.90 Å². The van der Waals surface area contributed by atoms with Crippen LogP contribution in [0.3, 0.4) is 0 Å². The molecule has 122 valence electrons. The molecular weight excluding hydrogens is 297 g/mol. The first-order chi connectivity index (χ1) is 11.2. The van der Waals surface area contributed by atoms with Gasteiger partial charge in [-0.15, -0.1) is 0 Å². The summed E-state index contributed by atoms with van der Waals surface area (Å²) in [6.07, 6.45) is 4.58. The number of fused-ring (bicyclic) bond motifs is 4. The van der Waals surface area contributed by atoms with Gasteiger partial charge in [-0.25, -0.2) is 0 Å². The van der Waals surface area contributed by atoms with Crippen LogP contribution in [0.2, 0.25) is 0 Å². The van der Waals surface area contributed by atoms with Crippen molar-refractivity contribution >= 4 is 16.9 Å². The summed E-state index contributed by atoms with van der Waals surface area (Å²) in [6, 6.07) is 7.88. The van der Waals surface area contributed by atoms with Gasteiger partial charge in [-0.1, -0.05) is 18.2 Å². The fourth-order valence-corrected chi connectivity index (χ4v) is 4.18. The Labute approximate surface area is 154 Å². The number of benzene rings is 1. The third-order valence-corrected chi connectivity index (χ3v) is 5.42. The van der Waals surface area contributed by atoms with Gasteiger partial charge >= 0.3 is 18.9 Å². The molecule has 0 unspecified atom stereocenters. The summed E-state index contributed by atoms with van der Waals surface area (Å²) in [4.78, 5) is 13.9. The minimum absolute atomic E-state index is 0. The van der Waals surface area contributed by atoms with Crippen LogP contribution >= 0.6 is 0 Å². The molecule has 24 heavy (non-hydrogen) atoms. The molecule has 6 heteroatoms. The Morgan fingerprint density at radius 2 is 2.04 bits per heavy atom. The SMILES string of the molecule is O=C([O-])c1cccc2ccn(CCN[C@H]3CN4CCC3CC4)c12.[Li+]. The normalized spacial score (nSPS) is 25.6. The van der Waals surface area contributed by atoms with Crippen LogP contribution in [0.15, 0.2) is 30.5 Å². The van der Waals surface area contributed by atoms with Gasteiger partial charge in [0.05, 0.1) is 11.5 Å². The van der Waals surface area contributed by atoms with E-state index < -0.39 is 5.97 Å². The standard InChI is InChI=1S/C18H23N3O2.Li/c22-18(23)15-3-1-2-14-6-10-21(17(14)15)11-7-19-16-12-20-8-4-13(16)5-9-20;/h1-3,6,10,13,16,19H,4-5,7-9,11-12H2,(H,22,23);/q;+1/p-1/t16-;/m0./s1. The molecule has 1 atom stereocenters. The van der Waals surface area contributed by atoms with E-state index >= 15 is 0 Å². The van der Waals surface area contributed by atoms with Crippen LogP contribution < -0.4 is 29.3 Å². The number of hydrogen-bond acceptors (Lipinski definition) is 4. The Hall–Kier alpha value is -1.25. The zero-order chi connectivity index (χ0) is 15.8. The topological polar surface area (TPSA) is 60.3 Å². The predicted molar refractivity (Wildman–Crippen MR) is 87.2 cm³/mol. The second-order valence-corrected chi connectivity index (χ2v) is 6.74. The van der Waals surface area contributed by atoms with Gasteiger partial charge in [-0.3, -0.25) is 0 Å². The zero-order valence-electron chi connectivity index (χ0n) is 14.2. The molecule has 0 saturated carbocycles. The molecular formula is C18H22LiN3O2. The Balaban J connectivity index is 0.00000169. The monoisotopic (exact) mass is 319 g/mol. The average molecular weight is 319 g/mol. The third kappa shape index (κ3) is 3.27. The van der Waals surface area contributed by atoms with Gasteiger partial charge in [0.1, 0.15) is 0 Å². The van der Waals surface area contributed by atoms with E-state index in [4.69, 9.17) is 0 Å². The van der Waals surface area contributed by atoms with Crippen molar-refractivity contribution in [2.24, 2.45) is 5.92 Å². The van der Waals surface area contributed by atoms with E-state index in [0.717, 1.165) is 36.5 Å². The van der Waals surface area contributed by atoms with Gasteiger partial charge in [-0.05, 0) is 37.9 Å². The fraction of sp³-hybridized carbons (Fsp3) is 0.500. The van der Waals surface area contributed by atoms with E-state index in [-0.39, 0.29) is 24.4 Å². The minimum atomic E-state index is -1.11. The zero-order valence-corrected chi connectivity index (χ0v) is 14.2. The number of nitrogens with zero attached hydrogens (tertiary/aromatic N) is 2. The van der Waals surface area contributed by atoms with E-state index in [1.807, 2.05) is 22.9 Å². The summed E-state index contributed by atoms with van der Waals surface area (Å²) >= 11 is 0. The Kier molecular flexibility index (Phi) is 5.36. The largest absolute Gasteiger partial charge is 1.00 e. The number of nitrogens with one attached hydrogen (secondary N) is 1. The molecule has 1 aromatic carbocycles. The van der Waals surface area contributed by atoms with E-state index in [1.54, 1.807) is 12.1 Å². The number of piperidine rings is 3. The summed E-state index contributed by atoms with van der Waals surface area (Å²) in [6.45, 7) is 5.29. The van der Waals surface area contributed by atoms with Crippen LogP contribution in [-0.4, -0.2) is 47.7 Å². The molecule has 3 saturated heterocycles. The predicted octanol–water partition coefficient (Wildman–Crippen LogP) is -2.31. The summed E-state index contributed by atoms with van der Waals surface area (Å²) in [5, 5.41) is 16.0. The molecule has 0 spiro atoms. The van der Waals surface area contributed by atoms with Crippen molar-refractivity contribution in [2.75, 3.05) is 26.2 Å². The third-order valence-electron chi connectivity index (χ3n) is 5.42. The second-order valence-electron chi connectivity index (χ2n) is 6.74. The molecule has 0 amide bonds. The van der Waals surface area contributed by atoms with Crippen molar-refractivity contribution in [2.45, 2.75) is 25.4 Å². The van der Waals surface area contributed by atoms with Crippen molar-refractivity contribution in [1.82, 2.24) is 14.8 Å². The Morgan fingerprint density at radius 3 is 2.71 bits per heavy atom. The number of para-hydroxylation sites is 1. The number of aromatic carboxylic acids is 1. The molecule has 3 aliphatic heterocycles. The number of carboxylic acid groups (broad SMARTS) is 1. The van der Waals surface area contributed by atoms with E-state index in [0.29, 0.717) is 6.04 Å². The number of hydrogen-bond donors (Lipinski definition) is 1.